The highest BCUT2D eigenvalue weighted by molar-refractivity contribution is 5.78. The largest absolute Gasteiger partial charge is 0.508 e. The van der Waals surface area contributed by atoms with Gasteiger partial charge in [0.2, 0.25) is 0 Å². The molecule has 6 heterocycles. The first-order valence-electron chi connectivity index (χ1n) is 25.8. The predicted octanol–water partition coefficient (Wildman–Crippen LogP) is 5.49. The van der Waals surface area contributed by atoms with Gasteiger partial charge in [-0.3, -0.25) is 0 Å². The molecule has 8 aromatic carbocycles. The molecular weight excluding hydrogens is 1100 g/mol. The Hall–Kier alpha value is -10.4. The van der Waals surface area contributed by atoms with E-state index in [4.69, 9.17) is 28.4 Å². The van der Waals surface area contributed by atoms with Gasteiger partial charge in [-0.15, -0.1) is 0 Å². The van der Waals surface area contributed by atoms with Gasteiger partial charge in [-0.05, 0) is 71.8 Å². The van der Waals surface area contributed by atoms with Crippen molar-refractivity contribution in [3.8, 4) is 115 Å². The van der Waals surface area contributed by atoms with Crippen LogP contribution in [0.15, 0.2) is 103 Å². The topological polar surface area (TPSA) is 420 Å². The SMILES string of the molecule is Oc1cc(O)c2c(c1)O[C@@]1(c3ccc(O)c(O)c3)Oc3c(c4c(c5c3[C@@H]3c6c(O)cc(O)cc6O[C@@](c6ccc(O)c(O)c6)(O5)[C@@H]3O)[C@H](c3c(O)cc(O)c5c3O[C@H](c3ccc(O)c(O)c3)[C@H](O)C5)[C@@H](O)[C@@H](c3ccc(O)c(O)c3)O4)[C@@H]2[C@H]1O. The number of hydrogen-bond donors (Lipinski definition) is 18. The van der Waals surface area contributed by atoms with Crippen molar-refractivity contribution in [2.24, 2.45) is 0 Å². The van der Waals surface area contributed by atoms with Gasteiger partial charge in [0, 0.05) is 86.8 Å². The summed E-state index contributed by atoms with van der Waals surface area (Å²) in [7, 11) is 0. The van der Waals surface area contributed by atoms with Crippen LogP contribution in [-0.4, -0.2) is 116 Å². The highest BCUT2D eigenvalue weighted by Crippen LogP contribution is 2.71. The summed E-state index contributed by atoms with van der Waals surface area (Å²) in [4.78, 5) is 0. The van der Waals surface area contributed by atoms with Gasteiger partial charge in [-0.1, -0.05) is 12.1 Å². The Labute approximate surface area is 470 Å². The summed E-state index contributed by atoms with van der Waals surface area (Å²) in [6.45, 7) is 0. The van der Waals surface area contributed by atoms with E-state index in [-0.39, 0.29) is 67.1 Å². The Morgan fingerprint density at radius 2 is 0.750 bits per heavy atom. The molecule has 4 bridgehead atoms. The molecule has 11 atom stereocenters. The molecule has 0 aliphatic carbocycles. The van der Waals surface area contributed by atoms with Crippen LogP contribution in [0.4, 0.5) is 0 Å². The van der Waals surface area contributed by atoms with Crippen LogP contribution in [0.3, 0.4) is 0 Å². The first-order valence-corrected chi connectivity index (χ1v) is 25.8. The summed E-state index contributed by atoms with van der Waals surface area (Å²) in [5.41, 5.74) is -2.63. The fraction of sp³-hybridized carbons (Fsp3) is 0.200. The Balaban J connectivity index is 1.16. The van der Waals surface area contributed by atoms with Crippen LogP contribution in [0, 0.1) is 0 Å². The first-order chi connectivity index (χ1) is 40.0. The number of rotatable bonds is 5. The molecule has 0 fully saturated rings. The Bertz CT molecular complexity index is 4180. The molecule has 84 heavy (non-hydrogen) atoms. The lowest BCUT2D eigenvalue weighted by Gasteiger charge is -2.55. The summed E-state index contributed by atoms with van der Waals surface area (Å²) in [5, 5.41) is 208. The molecular formula is C60H46O24. The van der Waals surface area contributed by atoms with Crippen LogP contribution >= 0.6 is 0 Å². The van der Waals surface area contributed by atoms with Gasteiger partial charge in [-0.25, -0.2) is 0 Å². The fourth-order valence-corrected chi connectivity index (χ4v) is 12.9. The maximum Gasteiger partial charge on any atom is 0.305 e. The smallest absolute Gasteiger partial charge is 0.305 e. The second kappa shape index (κ2) is 17.6. The third-order valence-electron chi connectivity index (χ3n) is 16.7. The van der Waals surface area contributed by atoms with E-state index in [2.05, 4.69) is 0 Å². The van der Waals surface area contributed by atoms with E-state index < -0.39 is 181 Å². The van der Waals surface area contributed by atoms with Crippen LogP contribution in [0.1, 0.15) is 91.2 Å². The summed E-state index contributed by atoms with van der Waals surface area (Å²) in [6.07, 6.45) is -11.6. The standard InChI is InChI=1S/C60H46O24/c61-23-13-35(72)41-39(15-23)81-59(21-3-7-28(65)33(70)11-21)57(77)45(41)48-54-47(55-49(56(48)84-59)46-42-36(73)14-24(62)16-40(42)82-60(83-55,58(46)78)22-4-8-29(66)34(71)12-22)44(50(76)52(80-54)20-2-6-27(64)32(69)10-20)43-37(74)18-30(67)25-17-38(75)51(79-53(25)43)19-1-5-26(63)31(68)9-19/h1-16,18,38,44-46,50-52,57-58,61-78H,17H2/t38-,44+,45-,46+,50-,51-,52-,57-,58-,59+,60+/m1/s1. The first kappa shape index (κ1) is 51.7. The van der Waals surface area contributed by atoms with Crippen LogP contribution in [0.25, 0.3) is 0 Å². The summed E-state index contributed by atoms with van der Waals surface area (Å²) < 4.78 is 41.0. The molecule has 0 aromatic heterocycles. The highest BCUT2D eigenvalue weighted by atomic mass is 16.7. The summed E-state index contributed by atoms with van der Waals surface area (Å²) in [6, 6.07) is 18.2. The van der Waals surface area contributed by atoms with Crippen LogP contribution in [-0.2, 0) is 18.0 Å². The van der Waals surface area contributed by atoms with Gasteiger partial charge in [0.25, 0.3) is 0 Å². The van der Waals surface area contributed by atoms with Gasteiger partial charge < -0.3 is 120 Å². The van der Waals surface area contributed by atoms with E-state index in [0.29, 0.717) is 0 Å². The second-order valence-corrected chi connectivity index (χ2v) is 21.4. The zero-order valence-corrected chi connectivity index (χ0v) is 42.7. The van der Waals surface area contributed by atoms with E-state index in [1.165, 1.54) is 24.3 Å². The summed E-state index contributed by atoms with van der Waals surface area (Å²) in [5.74, 6) is -22.7. The average Bonchev–Trinajstić information content (AvgIpc) is 0.682. The molecule has 14 rings (SSSR count). The van der Waals surface area contributed by atoms with Crippen molar-refractivity contribution < 1.29 is 120 Å². The molecule has 18 N–H and O–H groups in total. The van der Waals surface area contributed by atoms with Crippen molar-refractivity contribution in [2.75, 3.05) is 0 Å². The highest BCUT2D eigenvalue weighted by Gasteiger charge is 2.66. The van der Waals surface area contributed by atoms with E-state index in [9.17, 15) is 91.9 Å². The number of phenols is 14. The molecule has 0 unspecified atom stereocenters. The molecule has 0 spiro atoms. The number of phenolic OH excluding ortho intramolecular Hbond substituents is 14. The molecule has 0 saturated carbocycles. The minimum Gasteiger partial charge on any atom is -0.508 e. The van der Waals surface area contributed by atoms with Crippen molar-refractivity contribution in [1.82, 2.24) is 0 Å². The lowest BCUT2D eigenvalue weighted by molar-refractivity contribution is -0.228. The lowest BCUT2D eigenvalue weighted by Crippen LogP contribution is -2.60. The monoisotopic (exact) mass is 1150 g/mol. The third-order valence-corrected chi connectivity index (χ3v) is 16.7. The molecule has 430 valence electrons. The Kier molecular flexibility index (Phi) is 10.8. The third kappa shape index (κ3) is 7.01. The zero-order chi connectivity index (χ0) is 59.1. The van der Waals surface area contributed by atoms with Crippen molar-refractivity contribution in [1.29, 1.82) is 0 Å². The van der Waals surface area contributed by atoms with Crippen LogP contribution in [0.5, 0.6) is 115 Å². The second-order valence-electron chi connectivity index (χ2n) is 21.4. The molecule has 0 saturated heterocycles. The minimum absolute atomic E-state index is 0.0699. The molecule has 6 aliphatic rings. The maximum atomic E-state index is 13.5. The van der Waals surface area contributed by atoms with Gasteiger partial charge in [0.05, 0.1) is 23.9 Å². The number of benzene rings is 8. The molecule has 0 radical (unpaired) electrons. The van der Waals surface area contributed by atoms with Crippen LogP contribution in [0.2, 0.25) is 0 Å². The fourth-order valence-electron chi connectivity index (χ4n) is 12.9. The van der Waals surface area contributed by atoms with E-state index in [1.54, 1.807) is 0 Å². The number of hydrogen-bond acceptors (Lipinski definition) is 24. The number of aliphatic hydroxyl groups is 4. The van der Waals surface area contributed by atoms with E-state index in [1.807, 2.05) is 0 Å². The zero-order valence-electron chi connectivity index (χ0n) is 42.7. The van der Waals surface area contributed by atoms with Crippen molar-refractivity contribution in [3.05, 3.63) is 164 Å². The maximum absolute atomic E-state index is 13.5. The van der Waals surface area contributed by atoms with E-state index >= 15 is 0 Å². The summed E-state index contributed by atoms with van der Waals surface area (Å²) >= 11 is 0. The molecule has 24 heteroatoms. The Morgan fingerprint density at radius 3 is 1.23 bits per heavy atom. The van der Waals surface area contributed by atoms with Gasteiger partial charge in [-0.2, -0.15) is 0 Å². The molecule has 8 aromatic rings. The van der Waals surface area contributed by atoms with Gasteiger partial charge >= 0.3 is 11.6 Å². The number of fused-ring (bicyclic) bond motifs is 17. The normalized spacial score (nSPS) is 26.3. The molecule has 6 aliphatic heterocycles. The van der Waals surface area contributed by atoms with Crippen molar-refractivity contribution in [2.45, 2.75) is 72.4 Å². The minimum atomic E-state index is -2.69. The van der Waals surface area contributed by atoms with Crippen molar-refractivity contribution >= 4 is 0 Å². The van der Waals surface area contributed by atoms with Gasteiger partial charge in [0.15, 0.2) is 52.1 Å². The molecule has 0 amide bonds. The van der Waals surface area contributed by atoms with Crippen LogP contribution < -0.4 is 28.4 Å². The number of aliphatic hydroxyl groups excluding tert-OH is 4. The lowest BCUT2D eigenvalue weighted by atomic mass is 9.67. The number of ether oxygens (including phenoxy) is 6. The Morgan fingerprint density at radius 1 is 0.333 bits per heavy atom. The number of aromatic hydroxyl groups is 14. The van der Waals surface area contributed by atoms with Gasteiger partial charge in [0.1, 0.15) is 93.4 Å². The average molecular weight is 1150 g/mol. The van der Waals surface area contributed by atoms with E-state index in [0.717, 1.165) is 78.9 Å². The quantitative estimate of drug-likeness (QED) is 0.0947. The molecule has 24 nitrogen and oxygen atoms in total. The predicted molar refractivity (Wildman–Crippen MR) is 281 cm³/mol. The van der Waals surface area contributed by atoms with Crippen molar-refractivity contribution in [3.63, 3.8) is 0 Å².